The second kappa shape index (κ2) is 6.75. The first-order chi connectivity index (χ1) is 10.3. The van der Waals surface area contributed by atoms with E-state index in [0.29, 0.717) is 6.04 Å². The van der Waals surface area contributed by atoms with Gasteiger partial charge in [0, 0.05) is 6.04 Å². The smallest absolute Gasteiger partial charge is 0.171 e. The maximum atomic E-state index is 5.55. The Morgan fingerprint density at radius 3 is 2.57 bits per heavy atom. The lowest BCUT2D eigenvalue weighted by atomic mass is 9.94. The van der Waals surface area contributed by atoms with Gasteiger partial charge in [0.15, 0.2) is 5.11 Å². The third-order valence-corrected chi connectivity index (χ3v) is 5.25. The molecule has 1 saturated carbocycles. The molecule has 1 aliphatic heterocycles. The number of rotatable bonds is 3. The molecule has 1 N–H and O–H groups in total. The molecule has 0 aromatic heterocycles. The quantitative estimate of drug-likeness (QED) is 0.861. The first-order valence-corrected chi connectivity index (χ1v) is 8.50. The van der Waals surface area contributed by atoms with Gasteiger partial charge in [0.2, 0.25) is 0 Å². The standard InChI is InChI=1S/C17H25N3S/c1-14(15-8-4-2-5-9-15)20-13-19(12-18-17(20)21)16-10-6-3-7-11-16/h2,4-5,8-9,14,16H,3,6-7,10-13H2,1H3,(H,18,21)/t14-/m0/s1. The van der Waals surface area contributed by atoms with E-state index >= 15 is 0 Å². The van der Waals surface area contributed by atoms with Crippen LogP contribution < -0.4 is 5.32 Å². The largest absolute Gasteiger partial charge is 0.350 e. The zero-order chi connectivity index (χ0) is 14.7. The van der Waals surface area contributed by atoms with Crippen LogP contribution in [0.4, 0.5) is 0 Å². The monoisotopic (exact) mass is 303 g/mol. The number of nitrogens with one attached hydrogen (secondary N) is 1. The van der Waals surface area contributed by atoms with Crippen LogP contribution in [0.5, 0.6) is 0 Å². The normalized spacial score (nSPS) is 22.9. The SMILES string of the molecule is C[C@@H](c1ccccc1)N1CN(C2CCCCC2)CNC1=S. The molecule has 0 unspecified atom stereocenters. The molecule has 1 aromatic rings. The van der Waals surface area contributed by atoms with Crippen LogP contribution in [-0.4, -0.2) is 34.3 Å². The summed E-state index contributed by atoms with van der Waals surface area (Å²) in [5.74, 6) is 0. The molecule has 114 valence electrons. The Balaban J connectivity index is 1.69. The van der Waals surface area contributed by atoms with E-state index in [9.17, 15) is 0 Å². The molecule has 3 nitrogen and oxygen atoms in total. The van der Waals surface area contributed by atoms with Crippen LogP contribution in [-0.2, 0) is 0 Å². The van der Waals surface area contributed by atoms with Gasteiger partial charge >= 0.3 is 0 Å². The maximum absolute atomic E-state index is 5.55. The minimum Gasteiger partial charge on any atom is -0.350 e. The fourth-order valence-electron chi connectivity index (χ4n) is 3.48. The van der Waals surface area contributed by atoms with E-state index < -0.39 is 0 Å². The van der Waals surface area contributed by atoms with Crippen LogP contribution >= 0.6 is 12.2 Å². The van der Waals surface area contributed by atoms with Crippen LogP contribution in [0.25, 0.3) is 0 Å². The van der Waals surface area contributed by atoms with Crippen molar-refractivity contribution < 1.29 is 0 Å². The number of nitrogens with zero attached hydrogens (tertiary/aromatic N) is 2. The Labute approximate surface area is 133 Å². The van der Waals surface area contributed by atoms with Gasteiger partial charge in [-0.1, -0.05) is 49.6 Å². The number of thiocarbonyl (C=S) groups is 1. The predicted molar refractivity (Wildman–Crippen MR) is 90.9 cm³/mol. The summed E-state index contributed by atoms with van der Waals surface area (Å²) in [4.78, 5) is 4.89. The highest BCUT2D eigenvalue weighted by Crippen LogP contribution is 2.27. The molecule has 0 bridgehead atoms. The number of benzene rings is 1. The Morgan fingerprint density at radius 2 is 1.86 bits per heavy atom. The Hall–Kier alpha value is -1.13. The third-order valence-electron chi connectivity index (χ3n) is 4.87. The fourth-order valence-corrected chi connectivity index (χ4v) is 3.76. The van der Waals surface area contributed by atoms with Gasteiger partial charge in [0.1, 0.15) is 0 Å². The second-order valence-corrected chi connectivity index (χ2v) is 6.61. The molecule has 0 spiro atoms. The zero-order valence-electron chi connectivity index (χ0n) is 12.8. The third kappa shape index (κ3) is 3.38. The summed E-state index contributed by atoms with van der Waals surface area (Å²) < 4.78 is 0. The molecule has 4 heteroatoms. The summed E-state index contributed by atoms with van der Waals surface area (Å²) in [5, 5.41) is 4.30. The molecule has 1 heterocycles. The van der Waals surface area contributed by atoms with Crippen LogP contribution in [0.1, 0.15) is 50.6 Å². The average Bonchev–Trinajstić information content (AvgIpc) is 2.56. The fraction of sp³-hybridized carbons (Fsp3) is 0.588. The Kier molecular flexibility index (Phi) is 4.76. The van der Waals surface area contributed by atoms with Crippen molar-refractivity contribution in [3.05, 3.63) is 35.9 Å². The summed E-state index contributed by atoms with van der Waals surface area (Å²) in [7, 11) is 0. The Bertz CT molecular complexity index is 470. The van der Waals surface area contributed by atoms with E-state index in [1.54, 1.807) is 0 Å². The first-order valence-electron chi connectivity index (χ1n) is 8.09. The summed E-state index contributed by atoms with van der Waals surface area (Å²) in [6.45, 7) is 4.10. The lowest BCUT2D eigenvalue weighted by Gasteiger charge is -2.45. The van der Waals surface area contributed by atoms with E-state index in [0.717, 1.165) is 24.5 Å². The summed E-state index contributed by atoms with van der Waals surface area (Å²) in [6.07, 6.45) is 6.82. The number of hydrogen-bond donors (Lipinski definition) is 1. The first kappa shape index (κ1) is 14.8. The van der Waals surface area contributed by atoms with Gasteiger partial charge in [0.05, 0.1) is 19.4 Å². The van der Waals surface area contributed by atoms with Crippen molar-refractivity contribution in [2.75, 3.05) is 13.3 Å². The van der Waals surface area contributed by atoms with Gasteiger partial charge in [-0.3, -0.25) is 4.90 Å². The van der Waals surface area contributed by atoms with E-state index in [-0.39, 0.29) is 0 Å². The second-order valence-electron chi connectivity index (χ2n) is 6.22. The van der Waals surface area contributed by atoms with Crippen molar-refractivity contribution >= 4 is 17.3 Å². The van der Waals surface area contributed by atoms with E-state index in [1.165, 1.54) is 37.7 Å². The molecule has 1 aliphatic carbocycles. The minimum atomic E-state index is 0.317. The van der Waals surface area contributed by atoms with E-state index in [4.69, 9.17) is 12.2 Å². The molecule has 0 amide bonds. The lowest BCUT2D eigenvalue weighted by Crippen LogP contribution is -2.59. The molecule has 1 atom stereocenters. The van der Waals surface area contributed by atoms with Crippen LogP contribution in [0.2, 0.25) is 0 Å². The average molecular weight is 303 g/mol. The summed E-state index contributed by atoms with van der Waals surface area (Å²) in [6, 6.07) is 11.7. The van der Waals surface area contributed by atoms with Gasteiger partial charge in [0.25, 0.3) is 0 Å². The van der Waals surface area contributed by atoms with E-state index in [1.807, 2.05) is 0 Å². The Morgan fingerprint density at radius 1 is 1.14 bits per heavy atom. The molecular weight excluding hydrogens is 278 g/mol. The molecule has 21 heavy (non-hydrogen) atoms. The van der Waals surface area contributed by atoms with Crippen LogP contribution in [0.3, 0.4) is 0 Å². The molecule has 2 fully saturated rings. The highest BCUT2D eigenvalue weighted by atomic mass is 32.1. The molecule has 1 saturated heterocycles. The van der Waals surface area contributed by atoms with E-state index in [2.05, 4.69) is 52.4 Å². The van der Waals surface area contributed by atoms with Gasteiger partial charge < -0.3 is 10.2 Å². The van der Waals surface area contributed by atoms with Crippen molar-refractivity contribution in [3.63, 3.8) is 0 Å². The highest BCUT2D eigenvalue weighted by molar-refractivity contribution is 7.80. The van der Waals surface area contributed by atoms with Crippen molar-refractivity contribution in [1.29, 1.82) is 0 Å². The maximum Gasteiger partial charge on any atom is 0.171 e. The van der Waals surface area contributed by atoms with Crippen molar-refractivity contribution in [2.45, 2.75) is 51.1 Å². The molecule has 1 aromatic carbocycles. The van der Waals surface area contributed by atoms with Gasteiger partial charge in [-0.15, -0.1) is 0 Å². The van der Waals surface area contributed by atoms with Gasteiger partial charge in [-0.2, -0.15) is 0 Å². The van der Waals surface area contributed by atoms with Crippen LogP contribution in [0.15, 0.2) is 30.3 Å². The van der Waals surface area contributed by atoms with Crippen molar-refractivity contribution in [3.8, 4) is 0 Å². The predicted octanol–water partition coefficient (Wildman–Crippen LogP) is 3.49. The molecule has 0 radical (unpaired) electrons. The minimum absolute atomic E-state index is 0.317. The van der Waals surface area contributed by atoms with Crippen molar-refractivity contribution in [1.82, 2.24) is 15.1 Å². The zero-order valence-corrected chi connectivity index (χ0v) is 13.6. The topological polar surface area (TPSA) is 18.5 Å². The lowest BCUT2D eigenvalue weighted by molar-refractivity contribution is 0.0686. The van der Waals surface area contributed by atoms with Crippen molar-refractivity contribution in [2.24, 2.45) is 0 Å². The van der Waals surface area contributed by atoms with Gasteiger partial charge in [-0.25, -0.2) is 0 Å². The molecule has 2 aliphatic rings. The molecular formula is C17H25N3S. The summed E-state index contributed by atoms with van der Waals surface area (Å²) >= 11 is 5.55. The van der Waals surface area contributed by atoms with Gasteiger partial charge in [-0.05, 0) is 37.5 Å². The molecule has 3 rings (SSSR count). The summed E-state index contributed by atoms with van der Waals surface area (Å²) in [5.41, 5.74) is 1.33. The number of hydrogen-bond acceptors (Lipinski definition) is 2. The highest BCUT2D eigenvalue weighted by Gasteiger charge is 2.30. The van der Waals surface area contributed by atoms with Crippen LogP contribution in [0, 0.1) is 0 Å².